The fraction of sp³-hybridized carbons (Fsp3) is 0. The summed E-state index contributed by atoms with van der Waals surface area (Å²) in [6.45, 7) is 0. The van der Waals surface area contributed by atoms with Crippen LogP contribution in [0, 0.1) is 0 Å². The number of nitrogen functional groups attached to an aromatic ring is 1. The molecule has 0 unspecified atom stereocenters. The van der Waals surface area contributed by atoms with E-state index in [1.807, 2.05) is 7.85 Å². The number of rotatable bonds is 1. The second-order valence-corrected chi connectivity index (χ2v) is 2.23. The number of carbonyl (C=O) groups is 1. The van der Waals surface area contributed by atoms with E-state index in [4.69, 9.17) is 5.73 Å². The predicted molar refractivity (Wildman–Crippen MR) is 44.4 cm³/mol. The summed E-state index contributed by atoms with van der Waals surface area (Å²) in [5, 5.41) is 0. The lowest BCUT2D eigenvalue weighted by Crippen LogP contribution is -2.09. The Hall–Kier alpha value is -1.25. The fourth-order valence-electron chi connectivity index (χ4n) is 0.772. The molecule has 0 aliphatic heterocycles. The lowest BCUT2D eigenvalue weighted by atomic mass is 9.93. The summed E-state index contributed by atoms with van der Waals surface area (Å²) in [6.07, 6.45) is 0.812. The standard InChI is InChI=1S/C7H8BNO/c8-6-3-5(4-10)1-2-7(6)9/h1-4H,8-9H2. The number of carbonyl (C=O) groups excluding carboxylic acids is 1. The second-order valence-electron chi connectivity index (χ2n) is 2.23. The second kappa shape index (κ2) is 2.56. The zero-order chi connectivity index (χ0) is 7.56. The molecule has 1 aromatic rings. The average Bonchev–Trinajstić information content (AvgIpc) is 1.95. The van der Waals surface area contributed by atoms with Crippen molar-refractivity contribution in [1.82, 2.24) is 0 Å². The summed E-state index contributed by atoms with van der Waals surface area (Å²) >= 11 is 0. The largest absolute Gasteiger partial charge is 0.399 e. The molecule has 0 spiro atoms. The molecule has 0 heterocycles. The molecule has 10 heavy (non-hydrogen) atoms. The lowest BCUT2D eigenvalue weighted by Gasteiger charge is -1.98. The minimum atomic E-state index is 0.673. The molecular formula is C7H8BNO. The van der Waals surface area contributed by atoms with E-state index in [1.54, 1.807) is 18.2 Å². The maximum absolute atomic E-state index is 10.2. The summed E-state index contributed by atoms with van der Waals surface area (Å²) in [5.74, 6) is 0. The van der Waals surface area contributed by atoms with Gasteiger partial charge in [-0.15, -0.1) is 0 Å². The number of benzene rings is 1. The summed E-state index contributed by atoms with van der Waals surface area (Å²) in [7, 11) is 1.88. The van der Waals surface area contributed by atoms with Gasteiger partial charge < -0.3 is 5.73 Å². The highest BCUT2D eigenvalue weighted by atomic mass is 16.1. The molecule has 0 saturated heterocycles. The minimum absolute atomic E-state index is 0.673. The van der Waals surface area contributed by atoms with E-state index in [9.17, 15) is 4.79 Å². The first-order valence-corrected chi connectivity index (χ1v) is 3.05. The van der Waals surface area contributed by atoms with E-state index < -0.39 is 0 Å². The highest BCUT2D eigenvalue weighted by Gasteiger charge is 1.93. The van der Waals surface area contributed by atoms with Crippen LogP contribution in [0.3, 0.4) is 0 Å². The van der Waals surface area contributed by atoms with E-state index in [-0.39, 0.29) is 0 Å². The molecule has 2 N–H and O–H groups in total. The van der Waals surface area contributed by atoms with Gasteiger partial charge in [0.2, 0.25) is 0 Å². The number of anilines is 1. The van der Waals surface area contributed by atoms with Crippen molar-refractivity contribution in [3.63, 3.8) is 0 Å². The van der Waals surface area contributed by atoms with Gasteiger partial charge in [-0.25, -0.2) is 0 Å². The van der Waals surface area contributed by atoms with Gasteiger partial charge in [0.15, 0.2) is 0 Å². The lowest BCUT2D eigenvalue weighted by molar-refractivity contribution is 0.112. The normalized spacial score (nSPS) is 9.20. The molecule has 3 heteroatoms. The van der Waals surface area contributed by atoms with Crippen LogP contribution >= 0.6 is 0 Å². The van der Waals surface area contributed by atoms with Crippen LogP contribution in [0.25, 0.3) is 0 Å². The third-order valence-corrected chi connectivity index (χ3v) is 1.43. The third-order valence-electron chi connectivity index (χ3n) is 1.43. The Morgan fingerprint density at radius 2 is 2.20 bits per heavy atom. The molecule has 0 atom stereocenters. The topological polar surface area (TPSA) is 43.1 Å². The number of nitrogens with two attached hydrogens (primary N) is 1. The average molecular weight is 133 g/mol. The molecule has 2 nitrogen and oxygen atoms in total. The van der Waals surface area contributed by atoms with Crippen molar-refractivity contribution < 1.29 is 4.79 Å². The summed E-state index contributed by atoms with van der Waals surface area (Å²) in [4.78, 5) is 10.2. The summed E-state index contributed by atoms with van der Waals surface area (Å²) < 4.78 is 0. The molecule has 0 saturated carbocycles. The molecule has 0 aliphatic rings. The molecule has 0 aromatic heterocycles. The Morgan fingerprint density at radius 1 is 1.50 bits per heavy atom. The first-order chi connectivity index (χ1) is 4.74. The Labute approximate surface area is 60.4 Å². The van der Waals surface area contributed by atoms with Crippen LogP contribution < -0.4 is 11.2 Å². The van der Waals surface area contributed by atoms with E-state index >= 15 is 0 Å². The quantitative estimate of drug-likeness (QED) is 0.314. The van der Waals surface area contributed by atoms with Gasteiger partial charge in [-0.1, -0.05) is 11.5 Å². The van der Waals surface area contributed by atoms with Crippen LogP contribution in [0.4, 0.5) is 5.69 Å². The molecule has 0 fully saturated rings. The molecular weight excluding hydrogens is 125 g/mol. The molecule has 1 rings (SSSR count). The number of aldehydes is 1. The van der Waals surface area contributed by atoms with Crippen LogP contribution in [0.1, 0.15) is 10.4 Å². The highest BCUT2D eigenvalue weighted by molar-refractivity contribution is 6.35. The van der Waals surface area contributed by atoms with Gasteiger partial charge in [0, 0.05) is 11.3 Å². The first-order valence-electron chi connectivity index (χ1n) is 3.05. The SMILES string of the molecule is Bc1cc(C=O)ccc1N. The van der Waals surface area contributed by atoms with Crippen molar-refractivity contribution in [1.29, 1.82) is 0 Å². The highest BCUT2D eigenvalue weighted by Crippen LogP contribution is 1.98. The van der Waals surface area contributed by atoms with E-state index in [0.29, 0.717) is 5.56 Å². The zero-order valence-corrected chi connectivity index (χ0v) is 5.79. The van der Waals surface area contributed by atoms with Gasteiger partial charge in [-0.2, -0.15) is 0 Å². The van der Waals surface area contributed by atoms with Gasteiger partial charge in [0.05, 0.1) is 0 Å². The molecule has 0 bridgehead atoms. The van der Waals surface area contributed by atoms with Gasteiger partial charge in [0.25, 0.3) is 0 Å². The summed E-state index contributed by atoms with van der Waals surface area (Å²) in [5.41, 5.74) is 7.88. The third kappa shape index (κ3) is 1.18. The molecule has 1 aromatic carbocycles. The molecule has 0 amide bonds. The Bertz CT molecular complexity index is 260. The predicted octanol–water partition coefficient (Wildman–Crippen LogP) is -0.660. The van der Waals surface area contributed by atoms with Crippen LogP contribution in [0.5, 0.6) is 0 Å². The Kier molecular flexibility index (Phi) is 1.76. The number of hydrogen-bond donors (Lipinski definition) is 1. The smallest absolute Gasteiger partial charge is 0.150 e. The van der Waals surface area contributed by atoms with E-state index in [2.05, 4.69) is 0 Å². The first kappa shape index (κ1) is 6.87. The van der Waals surface area contributed by atoms with Crippen molar-refractivity contribution in [2.75, 3.05) is 5.73 Å². The zero-order valence-electron chi connectivity index (χ0n) is 5.79. The van der Waals surface area contributed by atoms with Gasteiger partial charge in [-0.3, -0.25) is 4.79 Å². The van der Waals surface area contributed by atoms with E-state index in [0.717, 1.165) is 17.4 Å². The Balaban J connectivity index is 3.16. The Morgan fingerprint density at radius 3 is 2.70 bits per heavy atom. The van der Waals surface area contributed by atoms with Crippen molar-refractivity contribution in [2.24, 2.45) is 0 Å². The van der Waals surface area contributed by atoms with Crippen molar-refractivity contribution in [3.05, 3.63) is 23.8 Å². The fourth-order valence-corrected chi connectivity index (χ4v) is 0.772. The van der Waals surface area contributed by atoms with Crippen molar-refractivity contribution in [3.8, 4) is 0 Å². The van der Waals surface area contributed by atoms with Gasteiger partial charge in [0.1, 0.15) is 14.1 Å². The van der Waals surface area contributed by atoms with Crippen LogP contribution in [-0.4, -0.2) is 14.1 Å². The summed E-state index contributed by atoms with van der Waals surface area (Å²) in [6, 6.07) is 5.21. The van der Waals surface area contributed by atoms with Crippen LogP contribution in [-0.2, 0) is 0 Å². The molecule has 0 radical (unpaired) electrons. The van der Waals surface area contributed by atoms with Crippen molar-refractivity contribution >= 4 is 25.3 Å². The minimum Gasteiger partial charge on any atom is -0.399 e. The molecule has 0 aliphatic carbocycles. The number of hydrogen-bond acceptors (Lipinski definition) is 2. The van der Waals surface area contributed by atoms with Crippen LogP contribution in [0.2, 0.25) is 0 Å². The van der Waals surface area contributed by atoms with Crippen LogP contribution in [0.15, 0.2) is 18.2 Å². The molecule has 50 valence electrons. The monoisotopic (exact) mass is 133 g/mol. The van der Waals surface area contributed by atoms with Gasteiger partial charge in [-0.05, 0) is 12.1 Å². The van der Waals surface area contributed by atoms with Crippen molar-refractivity contribution in [2.45, 2.75) is 0 Å². The van der Waals surface area contributed by atoms with E-state index in [1.165, 1.54) is 0 Å². The maximum atomic E-state index is 10.2. The van der Waals surface area contributed by atoms with Gasteiger partial charge >= 0.3 is 0 Å². The maximum Gasteiger partial charge on any atom is 0.150 e.